The first kappa shape index (κ1) is 22.4. The highest BCUT2D eigenvalue weighted by Crippen LogP contribution is 2.36. The Morgan fingerprint density at radius 1 is 0.800 bits per heavy atom. The molecule has 0 N–H and O–H groups in total. The lowest BCUT2D eigenvalue weighted by molar-refractivity contribution is -0.124. The van der Waals surface area contributed by atoms with Crippen molar-refractivity contribution >= 4 is 11.6 Å². The van der Waals surface area contributed by atoms with E-state index in [0.29, 0.717) is 43.2 Å². The topological polar surface area (TPSA) is 34.1 Å². The fourth-order valence-corrected chi connectivity index (χ4v) is 4.39. The normalized spacial score (nSPS) is 21.9. The van der Waals surface area contributed by atoms with E-state index >= 15 is 0 Å². The molecule has 0 aliphatic heterocycles. The van der Waals surface area contributed by atoms with Gasteiger partial charge >= 0.3 is 0 Å². The van der Waals surface area contributed by atoms with E-state index in [0.717, 1.165) is 24.7 Å². The van der Waals surface area contributed by atoms with E-state index in [9.17, 15) is 9.59 Å². The first-order valence-electron chi connectivity index (χ1n) is 11.1. The van der Waals surface area contributed by atoms with Crippen LogP contribution in [0.3, 0.4) is 0 Å². The lowest BCUT2D eigenvalue weighted by Crippen LogP contribution is -2.20. The predicted octanol–water partition coefficient (Wildman–Crippen LogP) is 6.90. The van der Waals surface area contributed by atoms with Crippen LogP contribution in [0, 0.1) is 17.8 Å². The van der Waals surface area contributed by atoms with Crippen molar-refractivity contribution in [3.63, 3.8) is 0 Å². The smallest absolute Gasteiger partial charge is 0.133 e. The second kappa shape index (κ2) is 13.5. The monoisotopic (exact) mass is 350 g/mol. The number of hydrogen-bond acceptors (Lipinski definition) is 2. The van der Waals surface area contributed by atoms with Crippen LogP contribution in [-0.2, 0) is 9.59 Å². The first-order valence-corrected chi connectivity index (χ1v) is 11.1. The van der Waals surface area contributed by atoms with Gasteiger partial charge in [-0.3, -0.25) is 9.59 Å². The van der Waals surface area contributed by atoms with E-state index in [2.05, 4.69) is 20.8 Å². The van der Waals surface area contributed by atoms with Crippen molar-refractivity contribution in [3.05, 3.63) is 0 Å². The van der Waals surface area contributed by atoms with Gasteiger partial charge in [0.05, 0.1) is 0 Å². The summed E-state index contributed by atoms with van der Waals surface area (Å²) in [5, 5.41) is 0. The van der Waals surface area contributed by atoms with Gasteiger partial charge in [-0.25, -0.2) is 0 Å². The van der Waals surface area contributed by atoms with Gasteiger partial charge < -0.3 is 0 Å². The van der Waals surface area contributed by atoms with Gasteiger partial charge in [0, 0.05) is 25.7 Å². The van der Waals surface area contributed by atoms with E-state index in [1.54, 1.807) is 0 Å². The first-order chi connectivity index (χ1) is 12.1. The Kier molecular flexibility index (Phi) is 12.1. The molecule has 1 aliphatic carbocycles. The van der Waals surface area contributed by atoms with Gasteiger partial charge in [0.2, 0.25) is 0 Å². The summed E-state index contributed by atoms with van der Waals surface area (Å²) < 4.78 is 0. The van der Waals surface area contributed by atoms with Crippen LogP contribution in [0.4, 0.5) is 0 Å². The van der Waals surface area contributed by atoms with Crippen LogP contribution in [0.1, 0.15) is 117 Å². The second-order valence-corrected chi connectivity index (χ2v) is 8.50. The molecule has 1 rings (SSSR count). The van der Waals surface area contributed by atoms with Crippen LogP contribution in [-0.4, -0.2) is 11.6 Å². The Morgan fingerprint density at radius 3 is 2.00 bits per heavy atom. The highest BCUT2D eigenvalue weighted by Gasteiger charge is 2.24. The summed E-state index contributed by atoms with van der Waals surface area (Å²) in [6.07, 6.45) is 16.1. The SMILES string of the molecule is CCCCC(C)CCC(=O)CCC(=O)CCC1CCCCC1CCC. The van der Waals surface area contributed by atoms with Crippen LogP contribution in [0.25, 0.3) is 0 Å². The molecule has 0 heterocycles. The quantitative estimate of drug-likeness (QED) is 0.341. The largest absolute Gasteiger partial charge is 0.300 e. The number of hydrogen-bond donors (Lipinski definition) is 0. The molecule has 25 heavy (non-hydrogen) atoms. The molecule has 3 atom stereocenters. The minimum absolute atomic E-state index is 0.290. The molecule has 0 aromatic rings. The third kappa shape index (κ3) is 10.2. The third-order valence-corrected chi connectivity index (χ3v) is 6.17. The van der Waals surface area contributed by atoms with E-state index in [4.69, 9.17) is 0 Å². The summed E-state index contributed by atoms with van der Waals surface area (Å²) in [7, 11) is 0. The standard InChI is InChI=1S/C23H42O2/c1-4-6-10-19(3)13-15-22(24)17-18-23(25)16-14-21-12-8-7-11-20(21)9-5-2/h19-21H,4-18H2,1-3H3. The minimum Gasteiger partial charge on any atom is -0.300 e. The Balaban J connectivity index is 2.16. The van der Waals surface area contributed by atoms with E-state index < -0.39 is 0 Å². The Morgan fingerprint density at radius 2 is 1.40 bits per heavy atom. The molecule has 0 saturated heterocycles. The predicted molar refractivity (Wildman–Crippen MR) is 107 cm³/mol. The Labute approximate surface area is 156 Å². The molecular formula is C23H42O2. The van der Waals surface area contributed by atoms with Crippen molar-refractivity contribution in [2.75, 3.05) is 0 Å². The number of carbonyl (C=O) groups is 2. The highest BCUT2D eigenvalue weighted by atomic mass is 16.1. The van der Waals surface area contributed by atoms with Crippen molar-refractivity contribution in [1.29, 1.82) is 0 Å². The molecule has 0 radical (unpaired) electrons. The number of Topliss-reactive ketones (excluding diaryl/α,β-unsaturated/α-hetero) is 2. The minimum atomic E-state index is 0.290. The molecule has 1 aliphatic rings. The van der Waals surface area contributed by atoms with Crippen molar-refractivity contribution in [3.8, 4) is 0 Å². The van der Waals surface area contributed by atoms with E-state index in [1.807, 2.05) is 0 Å². The summed E-state index contributed by atoms with van der Waals surface area (Å²) in [6.45, 7) is 6.72. The molecule has 0 aromatic carbocycles. The molecule has 2 nitrogen and oxygen atoms in total. The van der Waals surface area contributed by atoms with Gasteiger partial charge in [-0.15, -0.1) is 0 Å². The molecule has 0 bridgehead atoms. The fourth-order valence-electron chi connectivity index (χ4n) is 4.39. The van der Waals surface area contributed by atoms with Gasteiger partial charge in [0.15, 0.2) is 0 Å². The molecule has 0 spiro atoms. The van der Waals surface area contributed by atoms with E-state index in [1.165, 1.54) is 57.8 Å². The number of ketones is 2. The number of carbonyl (C=O) groups excluding carboxylic acids is 2. The van der Waals surface area contributed by atoms with Crippen LogP contribution < -0.4 is 0 Å². The van der Waals surface area contributed by atoms with Crippen LogP contribution in [0.15, 0.2) is 0 Å². The summed E-state index contributed by atoms with van der Waals surface area (Å²) in [6, 6.07) is 0. The second-order valence-electron chi connectivity index (χ2n) is 8.50. The van der Waals surface area contributed by atoms with Crippen LogP contribution >= 0.6 is 0 Å². The molecule has 1 fully saturated rings. The van der Waals surface area contributed by atoms with Crippen LogP contribution in [0.5, 0.6) is 0 Å². The van der Waals surface area contributed by atoms with Gasteiger partial charge in [-0.05, 0) is 30.6 Å². The average molecular weight is 351 g/mol. The Bertz CT molecular complexity index is 372. The maximum atomic E-state index is 12.2. The lowest BCUT2D eigenvalue weighted by Gasteiger charge is -2.31. The number of rotatable bonds is 14. The van der Waals surface area contributed by atoms with Crippen molar-refractivity contribution in [2.45, 2.75) is 117 Å². The average Bonchev–Trinajstić information content (AvgIpc) is 2.62. The van der Waals surface area contributed by atoms with Crippen LogP contribution in [0.2, 0.25) is 0 Å². The molecule has 2 heteroatoms. The van der Waals surface area contributed by atoms with Crippen molar-refractivity contribution in [1.82, 2.24) is 0 Å². The zero-order valence-corrected chi connectivity index (χ0v) is 17.2. The molecule has 0 aromatic heterocycles. The zero-order valence-electron chi connectivity index (χ0n) is 17.2. The molecular weight excluding hydrogens is 308 g/mol. The molecule has 1 saturated carbocycles. The maximum Gasteiger partial charge on any atom is 0.133 e. The molecule has 146 valence electrons. The maximum absolute atomic E-state index is 12.2. The summed E-state index contributed by atoms with van der Waals surface area (Å²) in [5.41, 5.74) is 0. The highest BCUT2D eigenvalue weighted by molar-refractivity contribution is 5.85. The lowest BCUT2D eigenvalue weighted by atomic mass is 9.74. The van der Waals surface area contributed by atoms with Crippen molar-refractivity contribution in [2.24, 2.45) is 17.8 Å². The summed E-state index contributed by atoms with van der Waals surface area (Å²) in [4.78, 5) is 24.2. The third-order valence-electron chi connectivity index (χ3n) is 6.17. The van der Waals surface area contributed by atoms with Crippen molar-refractivity contribution < 1.29 is 9.59 Å². The Hall–Kier alpha value is -0.660. The molecule has 3 unspecified atom stereocenters. The fraction of sp³-hybridized carbons (Fsp3) is 0.913. The summed E-state index contributed by atoms with van der Waals surface area (Å²) >= 11 is 0. The van der Waals surface area contributed by atoms with E-state index in [-0.39, 0.29) is 0 Å². The summed E-state index contributed by atoms with van der Waals surface area (Å²) in [5.74, 6) is 2.85. The number of unbranched alkanes of at least 4 members (excludes halogenated alkanes) is 1. The van der Waals surface area contributed by atoms with Gasteiger partial charge in [-0.1, -0.05) is 78.6 Å². The molecule has 0 amide bonds. The van der Waals surface area contributed by atoms with Gasteiger partial charge in [-0.2, -0.15) is 0 Å². The van der Waals surface area contributed by atoms with Gasteiger partial charge in [0.25, 0.3) is 0 Å². The zero-order chi connectivity index (χ0) is 18.5. The van der Waals surface area contributed by atoms with Gasteiger partial charge in [0.1, 0.15) is 11.6 Å².